The smallest absolute Gasteiger partial charge is 0.268 e. The van der Waals surface area contributed by atoms with Gasteiger partial charge in [-0.05, 0) is 30.5 Å². The van der Waals surface area contributed by atoms with E-state index in [-0.39, 0.29) is 23.8 Å². The fraction of sp³-hybridized carbons (Fsp3) is 0.519. The van der Waals surface area contributed by atoms with E-state index < -0.39 is 11.9 Å². The van der Waals surface area contributed by atoms with E-state index in [9.17, 15) is 9.59 Å². The zero-order valence-electron chi connectivity index (χ0n) is 20.4. The minimum Gasteiger partial charge on any atom is -0.479 e. The fourth-order valence-corrected chi connectivity index (χ4v) is 5.14. The Morgan fingerprint density at radius 2 is 2.03 bits per heavy atom. The van der Waals surface area contributed by atoms with Crippen molar-refractivity contribution in [3.8, 4) is 11.6 Å². The topological polar surface area (TPSA) is 81.2 Å². The highest BCUT2D eigenvalue weighted by Crippen LogP contribution is 2.36. The van der Waals surface area contributed by atoms with Gasteiger partial charge in [-0.3, -0.25) is 9.59 Å². The minimum absolute atomic E-state index is 0.0950. The Labute approximate surface area is 209 Å². The van der Waals surface area contributed by atoms with Gasteiger partial charge in [0.15, 0.2) is 6.10 Å². The Morgan fingerprint density at radius 1 is 1.19 bits per heavy atom. The molecule has 3 fully saturated rings. The van der Waals surface area contributed by atoms with Crippen LogP contribution in [0.15, 0.2) is 30.5 Å². The standard InChI is InChI=1S/C27H30FN3O5/c1-27(15-34-16-27)14-30-13-21-20(25(30)32)10-18(11-22(21)28)31-8-6-23(26(31)33)36-19-4-5-24(29-12-19)35-9-7-17-2-3-17/h4-5,10-12,17,23H,2-3,6-9,13-16H2,1H3. The van der Waals surface area contributed by atoms with Crippen LogP contribution in [0.25, 0.3) is 0 Å². The van der Waals surface area contributed by atoms with E-state index in [1.165, 1.54) is 23.8 Å². The van der Waals surface area contributed by atoms with E-state index in [2.05, 4.69) is 11.9 Å². The van der Waals surface area contributed by atoms with Crippen molar-refractivity contribution in [3.05, 3.63) is 47.4 Å². The summed E-state index contributed by atoms with van der Waals surface area (Å²) in [5, 5.41) is 0. The molecular weight excluding hydrogens is 465 g/mol. The van der Waals surface area contributed by atoms with Gasteiger partial charge < -0.3 is 24.0 Å². The van der Waals surface area contributed by atoms with Gasteiger partial charge in [0, 0.05) is 54.4 Å². The second-order valence-electron chi connectivity index (χ2n) is 10.7. The van der Waals surface area contributed by atoms with Crippen molar-refractivity contribution >= 4 is 17.5 Å². The third kappa shape index (κ3) is 4.52. The van der Waals surface area contributed by atoms with Crippen LogP contribution >= 0.6 is 0 Å². The lowest BCUT2D eigenvalue weighted by atomic mass is 9.88. The molecule has 2 amide bonds. The van der Waals surface area contributed by atoms with Gasteiger partial charge in [0.25, 0.3) is 11.8 Å². The van der Waals surface area contributed by atoms with Crippen molar-refractivity contribution in [1.29, 1.82) is 0 Å². The van der Waals surface area contributed by atoms with Crippen LogP contribution in [0.3, 0.4) is 0 Å². The number of pyridine rings is 1. The maximum Gasteiger partial charge on any atom is 0.268 e. The first-order chi connectivity index (χ1) is 17.4. The largest absolute Gasteiger partial charge is 0.479 e. The fourth-order valence-electron chi connectivity index (χ4n) is 5.14. The van der Waals surface area contributed by atoms with Gasteiger partial charge in [0.05, 0.1) is 26.0 Å². The number of nitrogens with zero attached hydrogens (tertiary/aromatic N) is 3. The lowest BCUT2D eigenvalue weighted by Gasteiger charge is -2.40. The summed E-state index contributed by atoms with van der Waals surface area (Å²) < 4.78 is 31.9. The molecule has 2 aromatic rings. The van der Waals surface area contributed by atoms with Gasteiger partial charge >= 0.3 is 0 Å². The lowest BCUT2D eigenvalue weighted by Crippen LogP contribution is -2.48. The molecule has 4 heterocycles. The summed E-state index contributed by atoms with van der Waals surface area (Å²) in [6, 6.07) is 6.46. The third-order valence-corrected chi connectivity index (χ3v) is 7.45. The summed E-state index contributed by atoms with van der Waals surface area (Å²) in [7, 11) is 0. The molecule has 1 aromatic heterocycles. The molecule has 0 N–H and O–H groups in total. The van der Waals surface area contributed by atoms with Crippen molar-refractivity contribution in [2.24, 2.45) is 11.3 Å². The van der Waals surface area contributed by atoms with Gasteiger partial charge in [0.2, 0.25) is 5.88 Å². The zero-order valence-corrected chi connectivity index (χ0v) is 20.4. The van der Waals surface area contributed by atoms with Gasteiger partial charge in [-0.15, -0.1) is 0 Å². The van der Waals surface area contributed by atoms with Gasteiger partial charge in [0.1, 0.15) is 11.6 Å². The van der Waals surface area contributed by atoms with Crippen LogP contribution in [0.5, 0.6) is 11.6 Å². The molecule has 0 spiro atoms. The molecule has 9 heteroatoms. The van der Waals surface area contributed by atoms with Crippen molar-refractivity contribution in [3.63, 3.8) is 0 Å². The van der Waals surface area contributed by atoms with E-state index >= 15 is 4.39 Å². The molecule has 0 radical (unpaired) electrons. The molecule has 1 unspecified atom stereocenters. The highest BCUT2D eigenvalue weighted by Gasteiger charge is 2.41. The summed E-state index contributed by atoms with van der Waals surface area (Å²) in [4.78, 5) is 33.6. The van der Waals surface area contributed by atoms with Crippen molar-refractivity contribution in [1.82, 2.24) is 9.88 Å². The first kappa shape index (κ1) is 23.2. The molecule has 190 valence electrons. The van der Waals surface area contributed by atoms with E-state index in [1.54, 1.807) is 29.3 Å². The van der Waals surface area contributed by atoms with Crippen LogP contribution in [0.4, 0.5) is 10.1 Å². The van der Waals surface area contributed by atoms with Crippen LogP contribution in [0.1, 0.15) is 48.5 Å². The number of fused-ring (bicyclic) bond motifs is 1. The number of aromatic nitrogens is 1. The maximum absolute atomic E-state index is 15.0. The molecule has 1 saturated carbocycles. The number of amides is 2. The number of hydrogen-bond acceptors (Lipinski definition) is 6. The van der Waals surface area contributed by atoms with Crippen molar-refractivity contribution in [2.75, 3.05) is 37.8 Å². The minimum atomic E-state index is -0.699. The second-order valence-corrected chi connectivity index (χ2v) is 10.7. The van der Waals surface area contributed by atoms with Crippen LogP contribution < -0.4 is 14.4 Å². The average Bonchev–Trinajstić information content (AvgIpc) is 3.53. The van der Waals surface area contributed by atoms with Crippen LogP contribution in [0.2, 0.25) is 0 Å². The van der Waals surface area contributed by atoms with E-state index in [0.29, 0.717) is 67.8 Å². The molecule has 1 aliphatic carbocycles. The molecule has 1 atom stereocenters. The summed E-state index contributed by atoms with van der Waals surface area (Å²) >= 11 is 0. The van der Waals surface area contributed by atoms with Gasteiger partial charge in [-0.2, -0.15) is 0 Å². The molecular formula is C27H30FN3O5. The first-order valence-corrected chi connectivity index (χ1v) is 12.6. The molecule has 36 heavy (non-hydrogen) atoms. The monoisotopic (exact) mass is 495 g/mol. The normalized spacial score (nSPS) is 22.6. The summed E-state index contributed by atoms with van der Waals surface area (Å²) in [6.07, 6.45) is 4.94. The van der Waals surface area contributed by atoms with Crippen LogP contribution in [0, 0.1) is 17.2 Å². The van der Waals surface area contributed by atoms with E-state index in [1.807, 2.05) is 0 Å². The van der Waals surface area contributed by atoms with Crippen molar-refractivity contribution in [2.45, 2.75) is 45.3 Å². The first-order valence-electron chi connectivity index (χ1n) is 12.6. The van der Waals surface area contributed by atoms with Gasteiger partial charge in [-0.25, -0.2) is 9.37 Å². The van der Waals surface area contributed by atoms with E-state index in [4.69, 9.17) is 14.2 Å². The average molecular weight is 496 g/mol. The Balaban J connectivity index is 1.10. The predicted octanol–water partition coefficient (Wildman–Crippen LogP) is 3.58. The number of rotatable bonds is 9. The molecule has 8 nitrogen and oxygen atoms in total. The van der Waals surface area contributed by atoms with E-state index in [0.717, 1.165) is 12.3 Å². The number of carbonyl (C=O) groups is 2. The van der Waals surface area contributed by atoms with Crippen LogP contribution in [-0.4, -0.2) is 60.7 Å². The molecule has 3 aliphatic heterocycles. The molecule has 4 aliphatic rings. The number of halogens is 1. The Kier molecular flexibility index (Phi) is 5.82. The highest BCUT2D eigenvalue weighted by molar-refractivity contribution is 6.03. The Bertz CT molecular complexity index is 1180. The molecule has 2 saturated heterocycles. The van der Waals surface area contributed by atoms with Crippen molar-refractivity contribution < 1.29 is 28.2 Å². The van der Waals surface area contributed by atoms with Gasteiger partial charge in [-0.1, -0.05) is 19.8 Å². The number of carbonyl (C=O) groups excluding carboxylic acids is 2. The molecule has 0 bridgehead atoms. The number of ether oxygens (including phenoxy) is 3. The predicted molar refractivity (Wildman–Crippen MR) is 129 cm³/mol. The van der Waals surface area contributed by atoms with Crippen LogP contribution in [-0.2, 0) is 16.1 Å². The lowest BCUT2D eigenvalue weighted by molar-refractivity contribution is -0.122. The quantitative estimate of drug-likeness (QED) is 0.529. The second kappa shape index (κ2) is 9.03. The SMILES string of the molecule is CC1(CN2Cc3c(F)cc(N4CCC(Oc5ccc(OCCC6CC6)nc5)C4=O)cc3C2=O)COC1. The summed E-state index contributed by atoms with van der Waals surface area (Å²) in [5.74, 6) is 0.875. The Morgan fingerprint density at radius 3 is 2.72 bits per heavy atom. The Hall–Kier alpha value is -3.20. The number of anilines is 1. The molecule has 6 rings (SSSR count). The third-order valence-electron chi connectivity index (χ3n) is 7.45. The number of benzene rings is 1. The maximum atomic E-state index is 15.0. The summed E-state index contributed by atoms with van der Waals surface area (Å²) in [6.45, 7) is 5.04. The highest BCUT2D eigenvalue weighted by atomic mass is 19.1. The zero-order chi connectivity index (χ0) is 24.9. The summed E-state index contributed by atoms with van der Waals surface area (Å²) in [5.41, 5.74) is 1.00. The molecule has 1 aromatic carbocycles. The number of hydrogen-bond donors (Lipinski definition) is 0.